The van der Waals surface area contributed by atoms with Crippen molar-refractivity contribution >= 4 is 41.1 Å². The van der Waals surface area contributed by atoms with E-state index in [0.717, 1.165) is 59.8 Å². The summed E-state index contributed by atoms with van der Waals surface area (Å²) in [5.41, 5.74) is 14.4. The summed E-state index contributed by atoms with van der Waals surface area (Å²) in [5.74, 6) is -0.772. The second kappa shape index (κ2) is 21.1. The Morgan fingerprint density at radius 2 is 1.13 bits per heavy atom. The van der Waals surface area contributed by atoms with Gasteiger partial charge in [-0.3, -0.25) is 14.4 Å². The molecule has 5 heterocycles. The summed E-state index contributed by atoms with van der Waals surface area (Å²) in [6, 6.07) is 0. The number of carbonyl (C=O) groups excluding carboxylic acids is 3. The van der Waals surface area contributed by atoms with Crippen LogP contribution < -0.4 is 0 Å². The molecule has 1 unspecified atom stereocenters. The van der Waals surface area contributed by atoms with Gasteiger partial charge >= 0.3 is 11.9 Å². The van der Waals surface area contributed by atoms with E-state index in [1.54, 1.807) is 12.2 Å². The van der Waals surface area contributed by atoms with Crippen LogP contribution >= 0.6 is 0 Å². The van der Waals surface area contributed by atoms with Gasteiger partial charge in [0.25, 0.3) is 0 Å². The zero-order valence-electron chi connectivity index (χ0n) is 37.3. The molecule has 0 aromatic rings. The summed E-state index contributed by atoms with van der Waals surface area (Å²) in [6.45, 7) is 18.6. The molecule has 0 spiro atoms. The number of fused-ring (bicyclic) bond motifs is 4. The van der Waals surface area contributed by atoms with Crippen LogP contribution in [-0.2, 0) is 23.9 Å². The van der Waals surface area contributed by atoms with Crippen molar-refractivity contribution in [2.45, 2.75) is 119 Å². The lowest BCUT2D eigenvalue weighted by molar-refractivity contribution is -0.141. The number of allylic oxidation sites excluding steroid dienone is 18. The van der Waals surface area contributed by atoms with Crippen LogP contribution in [0.1, 0.15) is 113 Å². The minimum absolute atomic E-state index is 0.0312. The van der Waals surface area contributed by atoms with E-state index < -0.39 is 12.1 Å². The van der Waals surface area contributed by atoms with Crippen molar-refractivity contribution in [2.24, 2.45) is 20.0 Å². The highest BCUT2D eigenvalue weighted by Crippen LogP contribution is 2.38. The van der Waals surface area contributed by atoms with Crippen LogP contribution in [0.15, 0.2) is 159 Å². The Balaban J connectivity index is 1.57. The predicted molar refractivity (Wildman–Crippen MR) is 247 cm³/mol. The third kappa shape index (κ3) is 11.3. The normalized spacial score (nSPS) is 18.3. The van der Waals surface area contributed by atoms with Gasteiger partial charge in [-0.15, -0.1) is 0 Å². The van der Waals surface area contributed by atoms with Crippen molar-refractivity contribution < 1.29 is 29.0 Å². The summed E-state index contributed by atoms with van der Waals surface area (Å²) in [6.07, 6.45) is 21.9. The smallest absolute Gasteiger partial charge is 0.305 e. The molecule has 0 aliphatic carbocycles. The van der Waals surface area contributed by atoms with Crippen LogP contribution in [0, 0.1) is 0 Å². The molecule has 0 aromatic carbocycles. The molecule has 0 radical (unpaired) electrons. The summed E-state index contributed by atoms with van der Waals surface area (Å²) in [5, 5.41) is 11.9. The van der Waals surface area contributed by atoms with Crippen molar-refractivity contribution in [3.63, 3.8) is 0 Å². The van der Waals surface area contributed by atoms with Crippen molar-refractivity contribution in [1.82, 2.24) is 0 Å². The Morgan fingerprint density at radius 1 is 0.639 bits per heavy atom. The number of aliphatic hydroxyl groups excluding tert-OH is 1. The molecule has 8 bridgehead atoms. The highest BCUT2D eigenvalue weighted by molar-refractivity contribution is 6.26. The van der Waals surface area contributed by atoms with Crippen LogP contribution in [0.25, 0.3) is 0 Å². The topological polar surface area (TPSA) is 139 Å². The summed E-state index contributed by atoms with van der Waals surface area (Å²) in [4.78, 5) is 57.8. The zero-order valence-corrected chi connectivity index (χ0v) is 37.3. The highest BCUT2D eigenvalue weighted by atomic mass is 16.5. The van der Waals surface area contributed by atoms with E-state index in [4.69, 9.17) is 29.4 Å². The number of aliphatic hydroxyl groups is 1. The van der Waals surface area contributed by atoms with Gasteiger partial charge in [-0.2, -0.15) is 0 Å². The lowest BCUT2D eigenvalue weighted by Crippen LogP contribution is -2.16. The van der Waals surface area contributed by atoms with E-state index in [0.29, 0.717) is 81.6 Å². The molecule has 1 atom stereocenters. The van der Waals surface area contributed by atoms with E-state index in [1.165, 1.54) is 30.9 Å². The maximum atomic E-state index is 12.9. The van der Waals surface area contributed by atoms with Gasteiger partial charge in [0.2, 0.25) is 0 Å². The fourth-order valence-electron chi connectivity index (χ4n) is 7.91. The summed E-state index contributed by atoms with van der Waals surface area (Å²) >= 11 is 0. The van der Waals surface area contributed by atoms with Gasteiger partial charge in [0.15, 0.2) is 6.29 Å². The minimum atomic E-state index is -0.834. The second-order valence-corrected chi connectivity index (χ2v) is 16.2. The molecular weight excluding hydrogens is 765 g/mol. The SMILES string of the molecule is C=CC1=C(C)C2=CC3=NC(=CC4=NC(=CC5=NC(=CC1=N2)C(C)=C5CCC(=O)OC)C(CCC(=O)OC)=C4C=O)C(C)=C3C(O)CCC=C(C)CCC=C(C)CCC=C(C)C. The molecule has 0 saturated carbocycles. The third-order valence-corrected chi connectivity index (χ3v) is 11.6. The molecule has 0 fully saturated rings. The molecule has 61 heavy (non-hydrogen) atoms. The van der Waals surface area contributed by atoms with Crippen LogP contribution in [0.5, 0.6) is 0 Å². The number of methoxy groups -OCH3 is 2. The van der Waals surface area contributed by atoms with Gasteiger partial charge in [-0.25, -0.2) is 20.0 Å². The van der Waals surface area contributed by atoms with Gasteiger partial charge in [0, 0.05) is 29.6 Å². The van der Waals surface area contributed by atoms with Crippen LogP contribution in [-0.4, -0.2) is 66.5 Å². The van der Waals surface area contributed by atoms with Crippen LogP contribution in [0.2, 0.25) is 0 Å². The largest absolute Gasteiger partial charge is 0.469 e. The highest BCUT2D eigenvalue weighted by Gasteiger charge is 2.31. The van der Waals surface area contributed by atoms with Crippen molar-refractivity contribution in [3.05, 3.63) is 139 Å². The second-order valence-electron chi connectivity index (χ2n) is 16.2. The Kier molecular flexibility index (Phi) is 16.0. The average molecular weight is 825 g/mol. The van der Waals surface area contributed by atoms with E-state index >= 15 is 0 Å². The molecule has 320 valence electrons. The lowest BCUT2D eigenvalue weighted by Gasteiger charge is -2.14. The number of rotatable bonds is 18. The Bertz CT molecular complexity index is 2370. The van der Waals surface area contributed by atoms with Crippen molar-refractivity contribution in [1.29, 1.82) is 0 Å². The lowest BCUT2D eigenvalue weighted by atomic mass is 9.94. The maximum absolute atomic E-state index is 12.9. The number of esters is 2. The quantitative estimate of drug-likeness (QED) is 0.0829. The van der Waals surface area contributed by atoms with Gasteiger partial charge in [0.05, 0.1) is 66.0 Å². The van der Waals surface area contributed by atoms with Crippen LogP contribution in [0.4, 0.5) is 0 Å². The molecule has 10 heteroatoms. The molecule has 0 amide bonds. The standard InChI is InChI=1S/C51H60N4O6/c1-11-36-33(6)41-27-47-51(48(57)20-14-19-32(5)18-13-17-31(4)16-12-15-30(2)3)35(8)42(54-47)26-46-39(29-56)38(22-24-50(59)61-10)45(55-46)28-44-37(21-23-49(58)60-9)34(7)40(53-44)25-43(36)52-41/h11,15,17,19,25-29,48,57H,1,12-14,16,18,20-24H2,2-10H3. The van der Waals surface area contributed by atoms with E-state index in [9.17, 15) is 19.5 Å². The maximum Gasteiger partial charge on any atom is 0.305 e. The number of aldehydes is 1. The van der Waals surface area contributed by atoms with Crippen LogP contribution in [0.3, 0.4) is 0 Å². The molecule has 10 nitrogen and oxygen atoms in total. The Hall–Kier alpha value is -5.87. The van der Waals surface area contributed by atoms with Crippen molar-refractivity contribution in [2.75, 3.05) is 14.2 Å². The molecule has 0 saturated heterocycles. The van der Waals surface area contributed by atoms with Gasteiger partial charge in [0.1, 0.15) is 0 Å². The predicted octanol–water partition coefficient (Wildman–Crippen LogP) is 10.5. The average Bonchev–Trinajstić information content (AvgIpc) is 3.91. The summed E-state index contributed by atoms with van der Waals surface area (Å²) in [7, 11) is 2.69. The first-order valence-electron chi connectivity index (χ1n) is 21.1. The molecule has 1 N–H and O–H groups in total. The number of aliphatic imine (C=N–C) groups is 4. The molecular formula is C51H60N4O6. The van der Waals surface area contributed by atoms with E-state index in [-0.39, 0.29) is 25.2 Å². The minimum Gasteiger partial charge on any atom is -0.469 e. The number of hydrogen-bond acceptors (Lipinski definition) is 10. The Labute approximate surface area is 361 Å². The number of ether oxygens (including phenoxy) is 2. The summed E-state index contributed by atoms with van der Waals surface area (Å²) < 4.78 is 9.91. The zero-order chi connectivity index (χ0) is 44.4. The number of carbonyl (C=O) groups is 3. The molecule has 5 rings (SSSR count). The van der Waals surface area contributed by atoms with E-state index in [1.807, 2.05) is 39.0 Å². The fourth-order valence-corrected chi connectivity index (χ4v) is 7.91. The van der Waals surface area contributed by atoms with Gasteiger partial charge in [-0.05, 0) is 152 Å². The fraction of sp³-hybridized carbons (Fsp3) is 0.392. The van der Waals surface area contributed by atoms with Gasteiger partial charge < -0.3 is 14.6 Å². The molecule has 0 aromatic heterocycles. The third-order valence-electron chi connectivity index (χ3n) is 11.6. The number of hydrogen-bond donors (Lipinski definition) is 1. The number of nitrogens with zero attached hydrogens (tertiary/aromatic N) is 4. The van der Waals surface area contributed by atoms with E-state index in [2.05, 4.69) is 52.5 Å². The van der Waals surface area contributed by atoms with Gasteiger partial charge in [-0.1, -0.05) is 47.6 Å². The monoisotopic (exact) mass is 824 g/mol. The molecule has 5 aliphatic heterocycles. The first-order chi connectivity index (χ1) is 29.2. The first-order valence-corrected chi connectivity index (χ1v) is 21.1. The molecule has 5 aliphatic rings. The first kappa shape index (κ1) is 46.2. The van der Waals surface area contributed by atoms with Crippen molar-refractivity contribution in [3.8, 4) is 0 Å². The Morgan fingerprint density at radius 3 is 1.74 bits per heavy atom.